The van der Waals surface area contributed by atoms with Gasteiger partial charge in [0.25, 0.3) is 0 Å². The Morgan fingerprint density at radius 1 is 1.12 bits per heavy atom. The first-order chi connectivity index (χ1) is 7.02. The molecule has 0 aliphatic heterocycles. The van der Waals surface area contributed by atoms with E-state index in [1.165, 1.54) is 0 Å². The zero-order valence-corrected chi connectivity index (χ0v) is 11.4. The molecule has 0 radical (unpaired) electrons. The second kappa shape index (κ2) is 5.53. The molecule has 0 aromatic carbocycles. The summed E-state index contributed by atoms with van der Waals surface area (Å²) >= 11 is 0. The average Bonchev–Trinajstić information content (AvgIpc) is 1.95. The molecular weight excluding hydrogens is 208 g/mol. The lowest BCUT2D eigenvalue weighted by Crippen LogP contribution is -2.31. The number of ether oxygens (including phenoxy) is 1. The predicted octanol–water partition coefficient (Wildman–Crippen LogP) is 3.69. The van der Waals surface area contributed by atoms with Crippen molar-refractivity contribution < 1.29 is 19.3 Å². The van der Waals surface area contributed by atoms with Crippen LogP contribution >= 0.6 is 0 Å². The van der Waals surface area contributed by atoms with Crippen molar-refractivity contribution >= 4 is 6.16 Å². The third-order valence-corrected chi connectivity index (χ3v) is 1.62. The van der Waals surface area contributed by atoms with E-state index in [4.69, 9.17) is 9.62 Å². The zero-order valence-electron chi connectivity index (χ0n) is 11.4. The van der Waals surface area contributed by atoms with E-state index in [-0.39, 0.29) is 11.5 Å². The smallest absolute Gasteiger partial charge is 0.430 e. The van der Waals surface area contributed by atoms with Crippen LogP contribution in [0.4, 0.5) is 4.79 Å². The summed E-state index contributed by atoms with van der Waals surface area (Å²) in [7, 11) is 0. The summed E-state index contributed by atoms with van der Waals surface area (Å²) in [6.45, 7) is 13.6. The molecule has 0 rings (SSSR count). The van der Waals surface area contributed by atoms with Crippen LogP contribution in [0.2, 0.25) is 0 Å². The molecular formula is C12H24O4. The standard InChI is InChI=1S/C12H24O4/c1-9(2)14-10(13)15-16-12(6,7)8-11(3,4)5/h9H,8H2,1-7H3. The Kier molecular flexibility index (Phi) is 5.26. The third kappa shape index (κ3) is 8.53. The highest BCUT2D eigenvalue weighted by atomic mass is 17.2. The van der Waals surface area contributed by atoms with Crippen molar-refractivity contribution in [2.75, 3.05) is 0 Å². The largest absolute Gasteiger partial charge is 0.540 e. The van der Waals surface area contributed by atoms with E-state index in [2.05, 4.69) is 25.7 Å². The maximum atomic E-state index is 11.1. The van der Waals surface area contributed by atoms with Crippen molar-refractivity contribution in [1.29, 1.82) is 0 Å². The summed E-state index contributed by atoms with van der Waals surface area (Å²) in [6, 6.07) is 0. The molecule has 0 spiro atoms. The highest BCUT2D eigenvalue weighted by molar-refractivity contribution is 5.59. The minimum absolute atomic E-state index is 0.106. The van der Waals surface area contributed by atoms with Crippen molar-refractivity contribution in [3.8, 4) is 0 Å². The Balaban J connectivity index is 4.04. The molecule has 96 valence electrons. The Bertz CT molecular complexity index is 226. The second-order valence-corrected chi connectivity index (χ2v) is 6.08. The second-order valence-electron chi connectivity index (χ2n) is 6.08. The van der Waals surface area contributed by atoms with Crippen molar-refractivity contribution in [3.05, 3.63) is 0 Å². The molecule has 0 aliphatic carbocycles. The van der Waals surface area contributed by atoms with Crippen LogP contribution in [0.5, 0.6) is 0 Å². The van der Waals surface area contributed by atoms with E-state index in [0.29, 0.717) is 0 Å². The van der Waals surface area contributed by atoms with Crippen LogP contribution < -0.4 is 0 Å². The van der Waals surface area contributed by atoms with Gasteiger partial charge in [-0.2, -0.15) is 4.89 Å². The number of rotatable bonds is 4. The molecule has 0 saturated carbocycles. The first-order valence-corrected chi connectivity index (χ1v) is 5.58. The number of hydrogen-bond acceptors (Lipinski definition) is 4. The van der Waals surface area contributed by atoms with E-state index < -0.39 is 11.8 Å². The van der Waals surface area contributed by atoms with Gasteiger partial charge >= 0.3 is 6.16 Å². The molecule has 4 nitrogen and oxygen atoms in total. The van der Waals surface area contributed by atoms with Crippen LogP contribution in [-0.4, -0.2) is 17.9 Å². The maximum Gasteiger partial charge on any atom is 0.540 e. The summed E-state index contributed by atoms with van der Waals surface area (Å²) in [6.07, 6.45) is -0.228. The molecule has 0 heterocycles. The molecule has 0 N–H and O–H groups in total. The minimum atomic E-state index is -0.794. The summed E-state index contributed by atoms with van der Waals surface area (Å²) < 4.78 is 4.79. The monoisotopic (exact) mass is 232 g/mol. The first kappa shape index (κ1) is 15.2. The van der Waals surface area contributed by atoms with Gasteiger partial charge in [-0.25, -0.2) is 4.79 Å². The summed E-state index contributed by atoms with van der Waals surface area (Å²) in [5.41, 5.74) is -0.414. The normalized spacial score (nSPS) is 12.8. The Morgan fingerprint density at radius 3 is 2.00 bits per heavy atom. The molecule has 0 aliphatic rings. The van der Waals surface area contributed by atoms with Gasteiger partial charge in [0.15, 0.2) is 0 Å². The first-order valence-electron chi connectivity index (χ1n) is 5.58. The van der Waals surface area contributed by atoms with Gasteiger partial charge in [-0.15, -0.1) is 0 Å². The molecule has 4 heteroatoms. The molecule has 0 aromatic rings. The van der Waals surface area contributed by atoms with Crippen molar-refractivity contribution in [1.82, 2.24) is 0 Å². The lowest BCUT2D eigenvalue weighted by molar-refractivity contribution is -0.323. The summed E-state index contributed by atoms with van der Waals surface area (Å²) in [5, 5.41) is 0. The van der Waals surface area contributed by atoms with Gasteiger partial charge in [-0.3, -0.25) is 4.89 Å². The fourth-order valence-corrected chi connectivity index (χ4v) is 1.67. The van der Waals surface area contributed by atoms with Crippen molar-refractivity contribution in [2.45, 2.75) is 66.6 Å². The number of carbonyl (C=O) groups excluding carboxylic acids is 1. The molecule has 0 atom stereocenters. The molecule has 0 amide bonds. The maximum absolute atomic E-state index is 11.1. The van der Waals surface area contributed by atoms with Crippen LogP contribution in [0.25, 0.3) is 0 Å². The molecule has 0 fully saturated rings. The van der Waals surface area contributed by atoms with Crippen LogP contribution in [0.1, 0.15) is 54.9 Å². The fourth-order valence-electron chi connectivity index (χ4n) is 1.67. The molecule has 16 heavy (non-hydrogen) atoms. The third-order valence-electron chi connectivity index (χ3n) is 1.62. The van der Waals surface area contributed by atoms with Crippen LogP contribution in [0.15, 0.2) is 0 Å². The summed E-state index contributed by atoms with van der Waals surface area (Å²) in [4.78, 5) is 20.8. The lowest BCUT2D eigenvalue weighted by atomic mass is 9.84. The van der Waals surface area contributed by atoms with E-state index in [0.717, 1.165) is 6.42 Å². The van der Waals surface area contributed by atoms with Gasteiger partial charge in [0.1, 0.15) is 5.60 Å². The molecule has 0 saturated heterocycles. The van der Waals surface area contributed by atoms with Gasteiger partial charge in [0.05, 0.1) is 6.10 Å². The lowest BCUT2D eigenvalue weighted by Gasteiger charge is -2.30. The van der Waals surface area contributed by atoms with Gasteiger partial charge in [0, 0.05) is 0 Å². The van der Waals surface area contributed by atoms with Crippen LogP contribution in [-0.2, 0) is 14.5 Å². The van der Waals surface area contributed by atoms with E-state index >= 15 is 0 Å². The Morgan fingerprint density at radius 2 is 1.62 bits per heavy atom. The molecule has 0 unspecified atom stereocenters. The Hall–Kier alpha value is -0.770. The zero-order chi connectivity index (χ0) is 13.0. The van der Waals surface area contributed by atoms with Gasteiger partial charge in [0.2, 0.25) is 0 Å². The highest BCUT2D eigenvalue weighted by Crippen LogP contribution is 2.29. The quantitative estimate of drug-likeness (QED) is 0.421. The molecule has 0 aromatic heterocycles. The summed E-state index contributed by atoms with van der Waals surface area (Å²) in [5.74, 6) is 0. The van der Waals surface area contributed by atoms with E-state index in [1.54, 1.807) is 13.8 Å². The van der Waals surface area contributed by atoms with Gasteiger partial charge in [-0.05, 0) is 39.5 Å². The highest BCUT2D eigenvalue weighted by Gasteiger charge is 2.29. The fraction of sp³-hybridized carbons (Fsp3) is 0.917. The molecule has 0 bridgehead atoms. The van der Waals surface area contributed by atoms with Gasteiger partial charge < -0.3 is 4.74 Å². The average molecular weight is 232 g/mol. The number of hydrogen-bond donors (Lipinski definition) is 0. The van der Waals surface area contributed by atoms with Crippen molar-refractivity contribution in [3.63, 3.8) is 0 Å². The SMILES string of the molecule is CC(C)OC(=O)OOC(C)(C)CC(C)(C)C. The number of carbonyl (C=O) groups is 1. The van der Waals surface area contributed by atoms with Crippen LogP contribution in [0, 0.1) is 5.41 Å². The van der Waals surface area contributed by atoms with Crippen LogP contribution in [0.3, 0.4) is 0 Å². The Labute approximate surface area is 98.2 Å². The van der Waals surface area contributed by atoms with E-state index in [1.807, 2.05) is 13.8 Å². The predicted molar refractivity (Wildman–Crippen MR) is 61.9 cm³/mol. The van der Waals surface area contributed by atoms with E-state index in [9.17, 15) is 4.79 Å². The van der Waals surface area contributed by atoms with Crippen molar-refractivity contribution in [2.24, 2.45) is 5.41 Å². The minimum Gasteiger partial charge on any atom is -0.430 e. The topological polar surface area (TPSA) is 44.8 Å². The van der Waals surface area contributed by atoms with Gasteiger partial charge in [-0.1, -0.05) is 20.8 Å².